The van der Waals surface area contributed by atoms with Gasteiger partial charge in [0.2, 0.25) is 0 Å². The molecule has 1 fully saturated rings. The van der Waals surface area contributed by atoms with Crippen LogP contribution in [0.25, 0.3) is 0 Å². The number of hydrogen-bond donors (Lipinski definition) is 2. The van der Waals surface area contributed by atoms with Crippen LogP contribution in [-0.4, -0.2) is 46.5 Å². The molecule has 0 spiro atoms. The van der Waals surface area contributed by atoms with Crippen molar-refractivity contribution >= 4 is 0 Å². The van der Waals surface area contributed by atoms with Gasteiger partial charge < -0.3 is 15.1 Å². The van der Waals surface area contributed by atoms with Gasteiger partial charge in [-0.25, -0.2) is 0 Å². The van der Waals surface area contributed by atoms with Gasteiger partial charge in [-0.15, -0.1) is 0 Å². The molecule has 0 unspecified atom stereocenters. The lowest BCUT2D eigenvalue weighted by Crippen LogP contribution is -2.31. The Bertz CT molecular complexity index is 126. The number of nitrogens with zero attached hydrogens (tertiary/aromatic N) is 1. The van der Waals surface area contributed by atoms with Crippen LogP contribution in [0.3, 0.4) is 0 Å². The maximum absolute atomic E-state index is 9.38. The lowest BCUT2D eigenvalue weighted by Gasteiger charge is -2.23. The van der Waals surface area contributed by atoms with Crippen LogP contribution in [0.4, 0.5) is 0 Å². The van der Waals surface area contributed by atoms with Crippen LogP contribution in [0.1, 0.15) is 26.7 Å². The quantitative estimate of drug-likeness (QED) is 0.596. The lowest BCUT2D eigenvalue weighted by molar-refractivity contribution is 0.0187. The second-order valence-corrected chi connectivity index (χ2v) is 3.84. The Morgan fingerprint density at radius 3 is 1.83 bits per heavy atom. The predicted octanol–water partition coefficient (Wildman–Crippen LogP) is 0.212. The Balaban J connectivity index is 2.44. The lowest BCUT2D eigenvalue weighted by atomic mass is 10.1. The molecule has 3 heteroatoms. The summed E-state index contributed by atoms with van der Waals surface area (Å²) in [7, 11) is 0. The summed E-state index contributed by atoms with van der Waals surface area (Å²) in [5, 5.41) is 18.8. The molecule has 2 atom stereocenters. The number of aliphatic hydroxyl groups is 2. The van der Waals surface area contributed by atoms with E-state index in [9.17, 15) is 10.2 Å². The van der Waals surface area contributed by atoms with E-state index in [1.165, 1.54) is 0 Å². The average Bonchev–Trinajstić information content (AvgIpc) is 2.16. The zero-order valence-corrected chi connectivity index (χ0v) is 7.90. The molecule has 3 nitrogen and oxygen atoms in total. The van der Waals surface area contributed by atoms with Crippen LogP contribution >= 0.6 is 0 Å². The SMILES string of the molecule is CC(C)N1CC[C@@H](O)[C@H](O)CC1. The Morgan fingerprint density at radius 1 is 1.08 bits per heavy atom. The molecule has 0 aromatic rings. The predicted molar refractivity (Wildman–Crippen MR) is 48.0 cm³/mol. The van der Waals surface area contributed by atoms with Crippen LogP contribution < -0.4 is 0 Å². The van der Waals surface area contributed by atoms with Crippen molar-refractivity contribution in [3.8, 4) is 0 Å². The third-order valence-corrected chi connectivity index (χ3v) is 2.60. The molecule has 0 radical (unpaired) electrons. The molecule has 12 heavy (non-hydrogen) atoms. The van der Waals surface area contributed by atoms with Crippen molar-refractivity contribution in [2.45, 2.75) is 44.9 Å². The zero-order valence-electron chi connectivity index (χ0n) is 7.90. The highest BCUT2D eigenvalue weighted by atomic mass is 16.3. The Kier molecular flexibility index (Phi) is 3.50. The summed E-state index contributed by atoms with van der Waals surface area (Å²) in [6.07, 6.45) is 0.348. The molecule has 1 aliphatic rings. The fourth-order valence-corrected chi connectivity index (χ4v) is 1.61. The monoisotopic (exact) mass is 173 g/mol. The maximum atomic E-state index is 9.38. The van der Waals surface area contributed by atoms with Gasteiger partial charge in [0, 0.05) is 19.1 Å². The number of aliphatic hydroxyl groups excluding tert-OH is 2. The minimum atomic E-state index is -0.520. The fraction of sp³-hybridized carbons (Fsp3) is 1.00. The topological polar surface area (TPSA) is 43.7 Å². The second kappa shape index (κ2) is 4.21. The first-order valence-electron chi connectivity index (χ1n) is 4.71. The summed E-state index contributed by atoms with van der Waals surface area (Å²) in [6, 6.07) is 0.516. The molecule has 1 heterocycles. The highest BCUT2D eigenvalue weighted by molar-refractivity contribution is 4.77. The second-order valence-electron chi connectivity index (χ2n) is 3.84. The van der Waals surface area contributed by atoms with E-state index in [2.05, 4.69) is 18.7 Å². The van der Waals surface area contributed by atoms with Gasteiger partial charge in [0.05, 0.1) is 12.2 Å². The summed E-state index contributed by atoms with van der Waals surface area (Å²) in [6.45, 7) is 6.08. The van der Waals surface area contributed by atoms with Crippen LogP contribution in [-0.2, 0) is 0 Å². The molecule has 1 saturated heterocycles. The standard InChI is InChI=1S/C9H19NO2/c1-7(2)10-5-3-8(11)9(12)4-6-10/h7-9,11-12H,3-6H2,1-2H3/t8-,9-/m1/s1. The first kappa shape index (κ1) is 9.96. The van der Waals surface area contributed by atoms with Crippen molar-refractivity contribution in [2.24, 2.45) is 0 Å². The molecule has 0 aromatic heterocycles. The summed E-state index contributed by atoms with van der Waals surface area (Å²) in [5.41, 5.74) is 0. The van der Waals surface area contributed by atoms with E-state index in [1.807, 2.05) is 0 Å². The highest BCUT2D eigenvalue weighted by Crippen LogP contribution is 2.13. The molecule has 2 N–H and O–H groups in total. The van der Waals surface area contributed by atoms with Crippen molar-refractivity contribution in [1.82, 2.24) is 4.90 Å². The van der Waals surface area contributed by atoms with Gasteiger partial charge in [0.15, 0.2) is 0 Å². The molecule has 72 valence electrons. The number of rotatable bonds is 1. The zero-order chi connectivity index (χ0) is 9.14. The van der Waals surface area contributed by atoms with E-state index in [1.54, 1.807) is 0 Å². The van der Waals surface area contributed by atoms with Crippen LogP contribution in [0.2, 0.25) is 0 Å². The van der Waals surface area contributed by atoms with Crippen LogP contribution in [0.15, 0.2) is 0 Å². The van der Waals surface area contributed by atoms with Gasteiger partial charge in [0.25, 0.3) is 0 Å². The van der Waals surface area contributed by atoms with Crippen molar-refractivity contribution in [2.75, 3.05) is 13.1 Å². The van der Waals surface area contributed by atoms with E-state index >= 15 is 0 Å². The fourth-order valence-electron chi connectivity index (χ4n) is 1.61. The van der Waals surface area contributed by atoms with Crippen molar-refractivity contribution < 1.29 is 10.2 Å². The first-order valence-corrected chi connectivity index (χ1v) is 4.71. The summed E-state index contributed by atoms with van der Waals surface area (Å²) >= 11 is 0. The van der Waals surface area contributed by atoms with Gasteiger partial charge in [-0.2, -0.15) is 0 Å². The largest absolute Gasteiger partial charge is 0.390 e. The summed E-state index contributed by atoms with van der Waals surface area (Å²) < 4.78 is 0. The third kappa shape index (κ3) is 2.44. The van der Waals surface area contributed by atoms with Crippen molar-refractivity contribution in [3.63, 3.8) is 0 Å². The van der Waals surface area contributed by atoms with E-state index in [4.69, 9.17) is 0 Å². The third-order valence-electron chi connectivity index (χ3n) is 2.60. The van der Waals surface area contributed by atoms with Gasteiger partial charge in [-0.05, 0) is 26.7 Å². The van der Waals surface area contributed by atoms with Crippen LogP contribution in [0.5, 0.6) is 0 Å². The molecule has 1 rings (SSSR count). The molecule has 0 aromatic carbocycles. The van der Waals surface area contributed by atoms with Crippen molar-refractivity contribution in [3.05, 3.63) is 0 Å². The Morgan fingerprint density at radius 2 is 1.50 bits per heavy atom. The Labute approximate surface area is 74.0 Å². The van der Waals surface area contributed by atoms with Gasteiger partial charge in [-0.3, -0.25) is 0 Å². The average molecular weight is 173 g/mol. The smallest absolute Gasteiger partial charge is 0.0811 e. The normalized spacial score (nSPS) is 33.8. The highest BCUT2D eigenvalue weighted by Gasteiger charge is 2.23. The maximum Gasteiger partial charge on any atom is 0.0811 e. The molecule has 0 bridgehead atoms. The molecule has 0 aliphatic carbocycles. The molecule has 1 aliphatic heterocycles. The van der Waals surface area contributed by atoms with E-state index in [0.717, 1.165) is 13.1 Å². The number of likely N-dealkylation sites (tertiary alicyclic amines) is 1. The molecule has 0 amide bonds. The van der Waals surface area contributed by atoms with Gasteiger partial charge in [0.1, 0.15) is 0 Å². The number of hydrogen-bond acceptors (Lipinski definition) is 3. The summed E-state index contributed by atoms with van der Waals surface area (Å²) in [4.78, 5) is 2.29. The van der Waals surface area contributed by atoms with Gasteiger partial charge in [-0.1, -0.05) is 0 Å². The van der Waals surface area contributed by atoms with Gasteiger partial charge >= 0.3 is 0 Å². The molecular weight excluding hydrogens is 154 g/mol. The van der Waals surface area contributed by atoms with E-state index in [-0.39, 0.29) is 0 Å². The van der Waals surface area contributed by atoms with E-state index in [0.29, 0.717) is 18.9 Å². The minimum absolute atomic E-state index is 0.516. The van der Waals surface area contributed by atoms with Crippen LogP contribution in [0, 0.1) is 0 Å². The van der Waals surface area contributed by atoms with Crippen molar-refractivity contribution in [1.29, 1.82) is 0 Å². The molecular formula is C9H19NO2. The summed E-state index contributed by atoms with van der Waals surface area (Å²) in [5.74, 6) is 0. The Hall–Kier alpha value is -0.120. The van der Waals surface area contributed by atoms with E-state index < -0.39 is 12.2 Å². The first-order chi connectivity index (χ1) is 5.61. The molecule has 0 saturated carbocycles. The minimum Gasteiger partial charge on any atom is -0.390 e.